The monoisotopic (exact) mass is 987 g/mol. The number of phosphoric acid groups is 1. The van der Waals surface area contributed by atoms with Crippen molar-refractivity contribution >= 4 is 19.7 Å². The molecule has 0 heterocycles. The van der Waals surface area contributed by atoms with Gasteiger partial charge in [0.25, 0.3) is 7.82 Å². The van der Waals surface area contributed by atoms with Gasteiger partial charge in [0.1, 0.15) is 19.3 Å². The van der Waals surface area contributed by atoms with Gasteiger partial charge in [-0.25, -0.2) is 0 Å². The average molecular weight is 987 g/mol. The highest BCUT2D eigenvalue weighted by Crippen LogP contribution is 2.38. The SMILES string of the molecule is CC/C=C/C/C=C/C/C=C/C/C=C/CCCCCC(=O)NC(COP(=O)([O-])OCC[N+](C)(C)C)C(/C=C/CCCCCCCCCCCCC)OC(=O)CCCCC/C=C\CCCCCCCCC. The van der Waals surface area contributed by atoms with Crippen LogP contribution < -0.4 is 10.2 Å². The quantitative estimate of drug-likeness (QED) is 0.0212. The molecule has 0 rings (SSSR count). The molecule has 0 aromatic carbocycles. The van der Waals surface area contributed by atoms with Gasteiger partial charge in [-0.15, -0.1) is 0 Å². The first-order chi connectivity index (χ1) is 33.4. The highest BCUT2D eigenvalue weighted by atomic mass is 31.2. The largest absolute Gasteiger partial charge is 0.756 e. The molecule has 0 spiro atoms. The molecule has 3 unspecified atom stereocenters. The fraction of sp³-hybridized carbons (Fsp3) is 0.763. The topological polar surface area (TPSA) is 114 Å². The molecule has 0 aliphatic rings. The van der Waals surface area contributed by atoms with E-state index in [2.05, 4.69) is 86.8 Å². The number of carbonyl (C=O) groups is 2. The van der Waals surface area contributed by atoms with Gasteiger partial charge in [0.05, 0.1) is 33.8 Å². The fourth-order valence-electron chi connectivity index (χ4n) is 7.74. The van der Waals surface area contributed by atoms with Crippen LogP contribution in [0.3, 0.4) is 0 Å². The standard InChI is InChI=1S/C59H107N2O7P/c1-7-10-13-16-19-22-25-28-30-31-33-36-39-42-45-48-51-58(62)60-56(55-67-69(64,65)66-54-53-61(4,5)6)57(50-47-44-41-38-35-32-27-24-21-18-15-12-9-3)68-59(63)52-49-46-43-40-37-34-29-26-23-20-17-14-11-8-2/h10,13,19,22,28,30,33-34,36-37,47,50,56-57H,7-9,11-12,14-18,20-21,23-27,29,31-32,35,38-46,48-49,51-55H2,1-6H3,(H-,60,62,64,65)/b13-10+,22-19+,30-28+,36-33+,37-34-,50-47+. The van der Waals surface area contributed by atoms with E-state index in [4.69, 9.17) is 13.8 Å². The molecule has 3 atom stereocenters. The van der Waals surface area contributed by atoms with Crippen LogP contribution in [-0.2, 0) is 27.9 Å². The number of rotatable bonds is 50. The first-order valence-corrected chi connectivity index (χ1v) is 29.7. The van der Waals surface area contributed by atoms with Crippen LogP contribution in [0.4, 0.5) is 0 Å². The summed E-state index contributed by atoms with van der Waals surface area (Å²) in [6.07, 6.45) is 61.5. The van der Waals surface area contributed by atoms with Gasteiger partial charge in [-0.1, -0.05) is 203 Å². The molecule has 0 bridgehead atoms. The molecule has 0 aliphatic heterocycles. The lowest BCUT2D eigenvalue weighted by atomic mass is 10.0. The van der Waals surface area contributed by atoms with Crippen molar-refractivity contribution in [1.82, 2.24) is 5.32 Å². The van der Waals surface area contributed by atoms with E-state index in [1.165, 1.54) is 103 Å². The van der Waals surface area contributed by atoms with Gasteiger partial charge in [0.2, 0.25) is 5.91 Å². The van der Waals surface area contributed by atoms with Crippen LogP contribution in [0.25, 0.3) is 0 Å². The predicted octanol–water partition coefficient (Wildman–Crippen LogP) is 16.3. The molecule has 0 aromatic heterocycles. The van der Waals surface area contributed by atoms with Gasteiger partial charge in [0.15, 0.2) is 0 Å². The number of allylic oxidation sites excluding steroid dienone is 11. The Kier molecular flexibility index (Phi) is 47.2. The third-order valence-corrected chi connectivity index (χ3v) is 13.1. The lowest BCUT2D eigenvalue weighted by molar-refractivity contribution is -0.870. The summed E-state index contributed by atoms with van der Waals surface area (Å²) in [5.41, 5.74) is 0. The number of nitrogens with zero attached hydrogens (tertiary/aromatic N) is 1. The Hall–Kier alpha value is -2.55. The van der Waals surface area contributed by atoms with Crippen LogP contribution in [0.5, 0.6) is 0 Å². The third kappa shape index (κ3) is 50.2. The Morgan fingerprint density at radius 3 is 1.41 bits per heavy atom. The first kappa shape index (κ1) is 66.5. The van der Waals surface area contributed by atoms with E-state index in [1.54, 1.807) is 0 Å². The number of hydrogen-bond acceptors (Lipinski definition) is 7. The number of nitrogens with one attached hydrogen (secondary N) is 1. The van der Waals surface area contributed by atoms with E-state index in [0.717, 1.165) is 89.9 Å². The summed E-state index contributed by atoms with van der Waals surface area (Å²) in [5.74, 6) is -0.598. The molecule has 0 saturated carbocycles. The van der Waals surface area contributed by atoms with E-state index < -0.39 is 26.6 Å². The number of quaternary nitrogens is 1. The van der Waals surface area contributed by atoms with Crippen LogP contribution >= 0.6 is 7.82 Å². The molecular weight excluding hydrogens is 880 g/mol. The Morgan fingerprint density at radius 2 is 0.928 bits per heavy atom. The van der Waals surface area contributed by atoms with E-state index >= 15 is 0 Å². The van der Waals surface area contributed by atoms with Crippen LogP contribution in [0.1, 0.15) is 239 Å². The van der Waals surface area contributed by atoms with Crippen LogP contribution in [0.2, 0.25) is 0 Å². The van der Waals surface area contributed by atoms with Crippen molar-refractivity contribution in [3.63, 3.8) is 0 Å². The molecule has 9 nitrogen and oxygen atoms in total. The van der Waals surface area contributed by atoms with Crippen molar-refractivity contribution in [2.24, 2.45) is 0 Å². The summed E-state index contributed by atoms with van der Waals surface area (Å²) in [5, 5.41) is 3.00. The van der Waals surface area contributed by atoms with E-state index in [9.17, 15) is 19.0 Å². The Bertz CT molecular complexity index is 1420. The highest BCUT2D eigenvalue weighted by molar-refractivity contribution is 7.45. The summed E-state index contributed by atoms with van der Waals surface area (Å²) in [6.45, 7) is 6.68. The predicted molar refractivity (Wildman–Crippen MR) is 293 cm³/mol. The van der Waals surface area contributed by atoms with Crippen molar-refractivity contribution in [1.29, 1.82) is 0 Å². The number of hydrogen-bond donors (Lipinski definition) is 1. The average Bonchev–Trinajstić information content (AvgIpc) is 3.31. The molecule has 0 fully saturated rings. The normalized spacial score (nSPS) is 14.4. The zero-order valence-electron chi connectivity index (χ0n) is 45.5. The lowest BCUT2D eigenvalue weighted by Gasteiger charge is -2.30. The fourth-order valence-corrected chi connectivity index (χ4v) is 8.46. The highest BCUT2D eigenvalue weighted by Gasteiger charge is 2.27. The van der Waals surface area contributed by atoms with E-state index in [1.807, 2.05) is 33.3 Å². The maximum absolute atomic E-state index is 13.5. The van der Waals surface area contributed by atoms with Gasteiger partial charge >= 0.3 is 5.97 Å². The summed E-state index contributed by atoms with van der Waals surface area (Å²) >= 11 is 0. The summed E-state index contributed by atoms with van der Waals surface area (Å²) in [4.78, 5) is 39.8. The van der Waals surface area contributed by atoms with Crippen molar-refractivity contribution in [3.8, 4) is 0 Å². The zero-order valence-corrected chi connectivity index (χ0v) is 46.4. The second-order valence-electron chi connectivity index (χ2n) is 20.1. The number of esters is 1. The number of phosphoric ester groups is 1. The second-order valence-corrected chi connectivity index (χ2v) is 21.5. The molecule has 0 aromatic rings. The summed E-state index contributed by atoms with van der Waals surface area (Å²) in [6, 6.07) is -0.912. The molecule has 0 aliphatic carbocycles. The maximum Gasteiger partial charge on any atom is 0.306 e. The molecule has 1 N–H and O–H groups in total. The van der Waals surface area contributed by atoms with Crippen LogP contribution in [0, 0.1) is 0 Å². The minimum absolute atomic E-state index is 0.0333. The molecule has 1 amide bonds. The Labute approximate surface area is 425 Å². The molecule has 0 radical (unpaired) electrons. The number of ether oxygens (including phenoxy) is 1. The van der Waals surface area contributed by atoms with Crippen molar-refractivity contribution in [2.45, 2.75) is 251 Å². The lowest BCUT2D eigenvalue weighted by Crippen LogP contribution is -2.47. The number of unbranched alkanes of at least 4 members (excludes halogenated alkanes) is 24. The van der Waals surface area contributed by atoms with Gasteiger partial charge in [-0.3, -0.25) is 14.2 Å². The Balaban J connectivity index is 5.47. The molecule has 0 saturated heterocycles. The summed E-state index contributed by atoms with van der Waals surface area (Å²) < 4.78 is 30.2. The minimum Gasteiger partial charge on any atom is -0.756 e. The molecular formula is C59H107N2O7P. The molecule has 69 heavy (non-hydrogen) atoms. The van der Waals surface area contributed by atoms with Crippen LogP contribution in [0.15, 0.2) is 72.9 Å². The second kappa shape index (κ2) is 49.0. The van der Waals surface area contributed by atoms with Crippen molar-refractivity contribution < 1.29 is 37.3 Å². The van der Waals surface area contributed by atoms with E-state index in [0.29, 0.717) is 23.9 Å². The third-order valence-electron chi connectivity index (χ3n) is 12.1. The number of carbonyl (C=O) groups excluding carboxylic acids is 2. The van der Waals surface area contributed by atoms with Crippen LogP contribution in [-0.4, -0.2) is 69.4 Å². The summed E-state index contributed by atoms with van der Waals surface area (Å²) in [7, 11) is 1.15. The van der Waals surface area contributed by atoms with Gasteiger partial charge in [-0.05, 0) is 96.0 Å². The smallest absolute Gasteiger partial charge is 0.306 e. The maximum atomic E-state index is 13.5. The molecule has 10 heteroatoms. The number of amides is 1. The van der Waals surface area contributed by atoms with Gasteiger partial charge in [0, 0.05) is 12.8 Å². The Morgan fingerprint density at radius 1 is 0.522 bits per heavy atom. The molecule has 400 valence electrons. The minimum atomic E-state index is -4.71. The first-order valence-electron chi connectivity index (χ1n) is 28.2. The van der Waals surface area contributed by atoms with Gasteiger partial charge < -0.3 is 28.5 Å². The van der Waals surface area contributed by atoms with Crippen molar-refractivity contribution in [3.05, 3.63) is 72.9 Å². The van der Waals surface area contributed by atoms with Gasteiger partial charge in [-0.2, -0.15) is 0 Å². The van der Waals surface area contributed by atoms with Crippen molar-refractivity contribution in [2.75, 3.05) is 40.9 Å². The van der Waals surface area contributed by atoms with E-state index in [-0.39, 0.29) is 31.3 Å². The number of likely N-dealkylation sites (N-methyl/N-ethyl adjacent to an activating group) is 1. The zero-order chi connectivity index (χ0) is 50.8.